The molecule has 4 rings (SSSR count). The van der Waals surface area contributed by atoms with Gasteiger partial charge in [-0.25, -0.2) is 13.1 Å². The minimum Gasteiger partial charge on any atom is -0.399 e. The fourth-order valence-corrected chi connectivity index (χ4v) is 5.79. The summed E-state index contributed by atoms with van der Waals surface area (Å²) in [4.78, 5) is 13.5. The molecule has 0 atom stereocenters. The number of aromatic nitrogens is 2. The van der Waals surface area contributed by atoms with E-state index in [-0.39, 0.29) is 22.3 Å². The van der Waals surface area contributed by atoms with Crippen molar-refractivity contribution in [3.63, 3.8) is 0 Å². The zero-order valence-electron chi connectivity index (χ0n) is 18.8. The Morgan fingerprint density at radius 2 is 1.81 bits per heavy atom. The monoisotopic (exact) mass is 454 g/mol. The lowest BCUT2D eigenvalue weighted by atomic mass is 9.95. The molecule has 0 aliphatic heterocycles. The molecule has 7 nitrogen and oxygen atoms in total. The van der Waals surface area contributed by atoms with Crippen molar-refractivity contribution in [3.05, 3.63) is 53.7 Å². The van der Waals surface area contributed by atoms with Gasteiger partial charge in [-0.3, -0.25) is 9.48 Å². The highest BCUT2D eigenvalue weighted by Crippen LogP contribution is 2.33. The van der Waals surface area contributed by atoms with Gasteiger partial charge in [-0.05, 0) is 63.9 Å². The zero-order chi connectivity index (χ0) is 23.1. The molecule has 1 aromatic heterocycles. The van der Waals surface area contributed by atoms with Crippen LogP contribution in [0, 0.1) is 0 Å². The molecule has 0 bridgehead atoms. The number of nitrogen functional groups attached to an aromatic ring is 1. The Morgan fingerprint density at radius 3 is 2.50 bits per heavy atom. The van der Waals surface area contributed by atoms with Crippen molar-refractivity contribution < 1.29 is 13.2 Å². The molecule has 0 unspecified atom stereocenters. The standard InChI is InChI=1S/C24H30N4O3S/c1-24(2,3)27-32(30,31)19-11-7-8-16(14-19)23(29)22-20-13-12-17(25)15-21(20)28(26-22)18-9-5-4-6-10-18/h7-8,11-15,18,27H,4-6,9-10,25H2,1-3H3. The van der Waals surface area contributed by atoms with Gasteiger partial charge in [-0.15, -0.1) is 0 Å². The average molecular weight is 455 g/mol. The number of benzene rings is 2. The van der Waals surface area contributed by atoms with Crippen LogP contribution >= 0.6 is 0 Å². The highest BCUT2D eigenvalue weighted by Gasteiger charge is 2.26. The molecule has 8 heteroatoms. The lowest BCUT2D eigenvalue weighted by molar-refractivity contribution is 0.103. The Hall–Kier alpha value is -2.71. The fourth-order valence-electron chi connectivity index (χ4n) is 4.33. The minimum atomic E-state index is -3.76. The molecule has 0 spiro atoms. The summed E-state index contributed by atoms with van der Waals surface area (Å²) in [6.07, 6.45) is 5.53. The van der Waals surface area contributed by atoms with Crippen LogP contribution < -0.4 is 10.5 Å². The molecule has 1 aliphatic rings. The lowest BCUT2D eigenvalue weighted by Gasteiger charge is -2.22. The van der Waals surface area contributed by atoms with E-state index in [2.05, 4.69) is 4.72 Å². The molecule has 3 aromatic rings. The Morgan fingerprint density at radius 1 is 1.09 bits per heavy atom. The first-order valence-electron chi connectivity index (χ1n) is 11.0. The molecule has 1 heterocycles. The van der Waals surface area contributed by atoms with Crippen molar-refractivity contribution in [2.75, 3.05) is 5.73 Å². The van der Waals surface area contributed by atoms with Crippen LogP contribution in [-0.4, -0.2) is 29.5 Å². The summed E-state index contributed by atoms with van der Waals surface area (Å²) in [5.41, 5.74) is 7.48. The van der Waals surface area contributed by atoms with Crippen molar-refractivity contribution in [1.82, 2.24) is 14.5 Å². The Kier molecular flexibility index (Phi) is 5.85. The van der Waals surface area contributed by atoms with Crippen LogP contribution in [0.3, 0.4) is 0 Å². The van der Waals surface area contributed by atoms with Crippen molar-refractivity contribution in [2.45, 2.75) is 69.4 Å². The van der Waals surface area contributed by atoms with Crippen LogP contribution in [-0.2, 0) is 10.0 Å². The molecule has 170 valence electrons. The normalized spacial score (nSPS) is 15.8. The molecular weight excluding hydrogens is 424 g/mol. The van der Waals surface area contributed by atoms with Gasteiger partial charge in [0.1, 0.15) is 5.69 Å². The molecule has 3 N–H and O–H groups in total. The Labute approximate surface area is 189 Å². The lowest BCUT2D eigenvalue weighted by Crippen LogP contribution is -2.40. The summed E-state index contributed by atoms with van der Waals surface area (Å²) in [6, 6.07) is 11.8. The first kappa shape index (κ1) is 22.5. The van der Waals surface area contributed by atoms with Crippen LogP contribution in [0.15, 0.2) is 47.4 Å². The molecule has 1 fully saturated rings. The van der Waals surface area contributed by atoms with Crippen LogP contribution in [0.1, 0.15) is 75.0 Å². The summed E-state index contributed by atoms with van der Waals surface area (Å²) in [6.45, 7) is 5.32. The van der Waals surface area contributed by atoms with E-state index in [1.807, 2.05) is 16.8 Å². The summed E-state index contributed by atoms with van der Waals surface area (Å²) in [5, 5.41) is 5.46. The molecule has 32 heavy (non-hydrogen) atoms. The van der Waals surface area contributed by atoms with Crippen molar-refractivity contribution in [1.29, 1.82) is 0 Å². The molecule has 0 radical (unpaired) electrons. The maximum absolute atomic E-state index is 13.5. The number of hydrogen-bond donors (Lipinski definition) is 2. The van der Waals surface area contributed by atoms with E-state index < -0.39 is 15.6 Å². The number of carbonyl (C=O) groups is 1. The number of sulfonamides is 1. The third kappa shape index (κ3) is 4.56. The molecular formula is C24H30N4O3S. The van der Waals surface area contributed by atoms with Crippen LogP contribution in [0.5, 0.6) is 0 Å². The molecule has 1 aliphatic carbocycles. The molecule has 0 amide bonds. The number of hydrogen-bond acceptors (Lipinski definition) is 5. The Bertz CT molecular complexity index is 1270. The smallest absolute Gasteiger partial charge is 0.241 e. The van der Waals surface area contributed by atoms with Gasteiger partial charge in [-0.2, -0.15) is 5.10 Å². The highest BCUT2D eigenvalue weighted by molar-refractivity contribution is 7.89. The topological polar surface area (TPSA) is 107 Å². The second-order valence-electron chi connectivity index (χ2n) is 9.57. The van der Waals surface area contributed by atoms with Crippen LogP contribution in [0.4, 0.5) is 5.69 Å². The van der Waals surface area contributed by atoms with Crippen LogP contribution in [0.2, 0.25) is 0 Å². The molecule has 0 saturated heterocycles. The van der Waals surface area contributed by atoms with Gasteiger partial charge in [0.2, 0.25) is 15.8 Å². The zero-order valence-corrected chi connectivity index (χ0v) is 19.6. The SMILES string of the molecule is CC(C)(C)NS(=O)(=O)c1cccc(C(=O)c2nn(C3CCCCC3)c3cc(N)ccc23)c1. The molecule has 2 aromatic carbocycles. The largest absolute Gasteiger partial charge is 0.399 e. The first-order valence-corrected chi connectivity index (χ1v) is 12.5. The maximum Gasteiger partial charge on any atom is 0.241 e. The minimum absolute atomic E-state index is 0.0542. The summed E-state index contributed by atoms with van der Waals surface area (Å²) >= 11 is 0. The van der Waals surface area contributed by atoms with E-state index in [1.54, 1.807) is 39.0 Å². The van der Waals surface area contributed by atoms with Gasteiger partial charge in [0.15, 0.2) is 0 Å². The van der Waals surface area contributed by atoms with Crippen LogP contribution in [0.25, 0.3) is 10.9 Å². The average Bonchev–Trinajstić information content (AvgIpc) is 3.11. The number of carbonyl (C=O) groups excluding carboxylic acids is 1. The summed E-state index contributed by atoms with van der Waals surface area (Å²) in [5.74, 6) is -0.304. The van der Waals surface area contributed by atoms with E-state index in [1.165, 1.54) is 18.6 Å². The maximum atomic E-state index is 13.5. The van der Waals surface area contributed by atoms with E-state index in [9.17, 15) is 13.2 Å². The van der Waals surface area contributed by atoms with E-state index >= 15 is 0 Å². The second-order valence-corrected chi connectivity index (χ2v) is 11.3. The third-order valence-corrected chi connectivity index (χ3v) is 7.47. The fraction of sp³-hybridized carbons (Fsp3) is 0.417. The van der Waals surface area contributed by atoms with Gasteiger partial charge >= 0.3 is 0 Å². The van der Waals surface area contributed by atoms with E-state index in [0.29, 0.717) is 11.4 Å². The predicted molar refractivity (Wildman–Crippen MR) is 126 cm³/mol. The molecule has 1 saturated carbocycles. The number of nitrogens with zero attached hydrogens (tertiary/aromatic N) is 2. The van der Waals surface area contributed by atoms with Gasteiger partial charge < -0.3 is 5.73 Å². The number of nitrogens with two attached hydrogens (primary N) is 1. The van der Waals surface area contributed by atoms with Gasteiger partial charge in [-0.1, -0.05) is 31.4 Å². The number of anilines is 1. The van der Waals surface area contributed by atoms with Gasteiger partial charge in [0.05, 0.1) is 16.5 Å². The quantitative estimate of drug-likeness (QED) is 0.438. The third-order valence-electron chi connectivity index (χ3n) is 5.71. The number of nitrogens with one attached hydrogen (secondary N) is 1. The summed E-state index contributed by atoms with van der Waals surface area (Å²) in [7, 11) is -3.76. The first-order chi connectivity index (χ1) is 15.0. The number of rotatable bonds is 5. The Balaban J connectivity index is 1.76. The van der Waals surface area contributed by atoms with Crippen molar-refractivity contribution in [3.8, 4) is 0 Å². The van der Waals surface area contributed by atoms with E-state index in [4.69, 9.17) is 10.8 Å². The van der Waals surface area contributed by atoms with Gasteiger partial charge in [0.25, 0.3) is 0 Å². The second kappa shape index (κ2) is 8.33. The highest BCUT2D eigenvalue weighted by atomic mass is 32.2. The summed E-state index contributed by atoms with van der Waals surface area (Å²) < 4.78 is 30.1. The van der Waals surface area contributed by atoms with E-state index in [0.717, 1.165) is 36.6 Å². The van der Waals surface area contributed by atoms with Gasteiger partial charge in [0, 0.05) is 22.2 Å². The predicted octanol–water partition coefficient (Wildman–Crippen LogP) is 4.43. The van der Waals surface area contributed by atoms with Crippen molar-refractivity contribution >= 4 is 32.4 Å². The number of fused-ring (bicyclic) bond motifs is 1. The number of ketones is 1. The van der Waals surface area contributed by atoms with Crippen molar-refractivity contribution in [2.24, 2.45) is 0 Å².